The van der Waals surface area contributed by atoms with Crippen molar-refractivity contribution in [3.8, 4) is 5.75 Å². The molecule has 0 unspecified atom stereocenters. The molecule has 2 aromatic carbocycles. The lowest BCUT2D eigenvalue weighted by atomic mass is 9.83. The van der Waals surface area contributed by atoms with Crippen LogP contribution < -0.4 is 15.4 Å². The van der Waals surface area contributed by atoms with Crippen molar-refractivity contribution in [2.45, 2.75) is 31.5 Å². The SMILES string of the molecule is Cc1ccc(NC(=O)NC2(c3ccc(F)cc3)CCOCC2)c(OCC(F)(F)F)c1. The average molecular weight is 426 g/mol. The van der Waals surface area contributed by atoms with Gasteiger partial charge in [-0.3, -0.25) is 0 Å². The number of anilines is 1. The molecule has 0 atom stereocenters. The highest BCUT2D eigenvalue weighted by atomic mass is 19.4. The Hall–Kier alpha value is -2.81. The Kier molecular flexibility index (Phi) is 6.50. The molecule has 5 nitrogen and oxygen atoms in total. The molecular formula is C21H22F4N2O3. The van der Waals surface area contributed by atoms with Crippen LogP contribution in [0.2, 0.25) is 0 Å². The van der Waals surface area contributed by atoms with Gasteiger partial charge in [-0.05, 0) is 55.2 Å². The summed E-state index contributed by atoms with van der Waals surface area (Å²) in [6.45, 7) is 1.05. The first-order valence-electron chi connectivity index (χ1n) is 9.40. The number of hydrogen-bond donors (Lipinski definition) is 2. The van der Waals surface area contributed by atoms with Gasteiger partial charge in [0.05, 0.1) is 11.2 Å². The van der Waals surface area contributed by atoms with Gasteiger partial charge in [0.25, 0.3) is 0 Å². The van der Waals surface area contributed by atoms with Crippen molar-refractivity contribution in [2.75, 3.05) is 25.1 Å². The van der Waals surface area contributed by atoms with Crippen LogP contribution in [0.5, 0.6) is 5.75 Å². The highest BCUT2D eigenvalue weighted by Crippen LogP contribution is 2.33. The summed E-state index contributed by atoms with van der Waals surface area (Å²) in [4.78, 5) is 12.7. The predicted molar refractivity (Wildman–Crippen MR) is 103 cm³/mol. The van der Waals surface area contributed by atoms with Crippen molar-refractivity contribution in [2.24, 2.45) is 0 Å². The van der Waals surface area contributed by atoms with Gasteiger partial charge in [0, 0.05) is 13.2 Å². The number of hydrogen-bond acceptors (Lipinski definition) is 3. The summed E-state index contributed by atoms with van der Waals surface area (Å²) in [5.74, 6) is -0.471. The van der Waals surface area contributed by atoms with Gasteiger partial charge in [-0.25, -0.2) is 9.18 Å². The molecule has 0 aromatic heterocycles. The minimum atomic E-state index is -4.50. The molecule has 1 heterocycles. The number of ether oxygens (including phenoxy) is 2. The molecule has 2 amide bonds. The van der Waals surface area contributed by atoms with Gasteiger partial charge < -0.3 is 20.1 Å². The van der Waals surface area contributed by atoms with Gasteiger partial charge in [-0.1, -0.05) is 18.2 Å². The number of nitrogens with one attached hydrogen (secondary N) is 2. The largest absolute Gasteiger partial charge is 0.482 e. The molecule has 0 radical (unpaired) electrons. The van der Waals surface area contributed by atoms with E-state index >= 15 is 0 Å². The maximum absolute atomic E-state index is 13.3. The van der Waals surface area contributed by atoms with Crippen molar-refractivity contribution in [1.29, 1.82) is 0 Å². The van der Waals surface area contributed by atoms with Crippen LogP contribution in [0, 0.1) is 12.7 Å². The molecule has 2 aromatic rings. The fourth-order valence-electron chi connectivity index (χ4n) is 3.36. The molecule has 162 valence electrons. The number of carbonyl (C=O) groups is 1. The highest BCUT2D eigenvalue weighted by Gasteiger charge is 2.36. The minimum absolute atomic E-state index is 0.0784. The first-order valence-corrected chi connectivity index (χ1v) is 9.40. The average Bonchev–Trinajstić information content (AvgIpc) is 2.68. The smallest absolute Gasteiger partial charge is 0.422 e. The van der Waals surface area contributed by atoms with Crippen LogP contribution in [0.25, 0.3) is 0 Å². The molecule has 0 bridgehead atoms. The van der Waals surface area contributed by atoms with E-state index in [0.29, 0.717) is 31.6 Å². The normalized spacial score (nSPS) is 16.0. The Morgan fingerprint density at radius 3 is 2.43 bits per heavy atom. The second-order valence-electron chi connectivity index (χ2n) is 7.18. The van der Waals surface area contributed by atoms with Crippen LogP contribution in [-0.2, 0) is 10.3 Å². The molecule has 3 rings (SSSR count). The van der Waals surface area contributed by atoms with Crippen LogP contribution in [0.4, 0.5) is 28.0 Å². The first kappa shape index (κ1) is 21.9. The van der Waals surface area contributed by atoms with E-state index in [1.165, 1.54) is 24.3 Å². The fraction of sp³-hybridized carbons (Fsp3) is 0.381. The molecule has 9 heteroatoms. The van der Waals surface area contributed by atoms with Crippen LogP contribution in [0.3, 0.4) is 0 Å². The fourth-order valence-corrected chi connectivity index (χ4v) is 3.36. The Morgan fingerprint density at radius 2 is 1.80 bits per heavy atom. The summed E-state index contributed by atoms with van der Waals surface area (Å²) < 4.78 is 61.2. The summed E-state index contributed by atoms with van der Waals surface area (Å²) in [5, 5.41) is 5.47. The number of benzene rings is 2. The van der Waals surface area contributed by atoms with Crippen LogP contribution >= 0.6 is 0 Å². The zero-order valence-electron chi connectivity index (χ0n) is 16.3. The van der Waals surface area contributed by atoms with E-state index in [2.05, 4.69) is 10.6 Å². The zero-order valence-corrected chi connectivity index (χ0v) is 16.3. The third-order valence-corrected chi connectivity index (χ3v) is 4.87. The number of amides is 2. The van der Waals surface area contributed by atoms with Crippen molar-refractivity contribution in [3.63, 3.8) is 0 Å². The van der Waals surface area contributed by atoms with Crippen molar-refractivity contribution < 1.29 is 31.8 Å². The Balaban J connectivity index is 1.78. The minimum Gasteiger partial charge on any atom is -0.482 e. The van der Waals surface area contributed by atoms with Crippen LogP contribution in [0.15, 0.2) is 42.5 Å². The van der Waals surface area contributed by atoms with Crippen LogP contribution in [0.1, 0.15) is 24.0 Å². The molecule has 1 aliphatic heterocycles. The van der Waals surface area contributed by atoms with Gasteiger partial charge in [0.1, 0.15) is 11.6 Å². The molecule has 2 N–H and O–H groups in total. The monoisotopic (exact) mass is 426 g/mol. The van der Waals surface area contributed by atoms with Crippen molar-refractivity contribution >= 4 is 11.7 Å². The summed E-state index contributed by atoms with van der Waals surface area (Å²) in [6.07, 6.45) is -3.56. The lowest BCUT2D eigenvalue weighted by Crippen LogP contribution is -2.50. The number of aryl methyl sites for hydroxylation is 1. The molecule has 1 aliphatic rings. The molecule has 30 heavy (non-hydrogen) atoms. The van der Waals surface area contributed by atoms with E-state index in [1.54, 1.807) is 25.1 Å². The molecule has 0 aliphatic carbocycles. The van der Waals surface area contributed by atoms with Crippen LogP contribution in [-0.4, -0.2) is 32.0 Å². The highest BCUT2D eigenvalue weighted by molar-refractivity contribution is 5.91. The van der Waals surface area contributed by atoms with Gasteiger partial charge in [-0.15, -0.1) is 0 Å². The third kappa shape index (κ3) is 5.63. The maximum atomic E-state index is 13.3. The van der Waals surface area contributed by atoms with E-state index in [1.807, 2.05) is 0 Å². The standard InChI is InChI=1S/C21H22F4N2O3/c1-14-2-7-17(18(12-14)30-13-21(23,24)25)26-19(28)27-20(8-10-29-11-9-20)15-3-5-16(22)6-4-15/h2-7,12H,8-11,13H2,1H3,(H2,26,27,28). The summed E-state index contributed by atoms with van der Waals surface area (Å²) >= 11 is 0. The lowest BCUT2D eigenvalue weighted by molar-refractivity contribution is -0.153. The van der Waals surface area contributed by atoms with Gasteiger partial charge in [0.15, 0.2) is 6.61 Å². The van der Waals surface area contributed by atoms with E-state index in [4.69, 9.17) is 9.47 Å². The number of carbonyl (C=O) groups excluding carboxylic acids is 1. The molecule has 0 saturated carbocycles. The van der Waals surface area contributed by atoms with Gasteiger partial charge in [0.2, 0.25) is 0 Å². The van der Waals surface area contributed by atoms with Crippen molar-refractivity contribution in [3.05, 3.63) is 59.4 Å². The summed E-state index contributed by atoms with van der Waals surface area (Å²) in [6, 6.07) is 9.78. The Bertz CT molecular complexity index is 879. The van der Waals surface area contributed by atoms with Gasteiger partial charge >= 0.3 is 12.2 Å². The van der Waals surface area contributed by atoms with E-state index < -0.39 is 30.2 Å². The summed E-state index contributed by atoms with van der Waals surface area (Å²) in [5.41, 5.74) is 0.738. The Labute approximate surface area is 171 Å². The lowest BCUT2D eigenvalue weighted by Gasteiger charge is -2.38. The molecular weight excluding hydrogens is 404 g/mol. The van der Waals surface area contributed by atoms with E-state index in [9.17, 15) is 22.4 Å². The predicted octanol–water partition coefficient (Wildman–Crippen LogP) is 4.90. The summed E-state index contributed by atoms with van der Waals surface area (Å²) in [7, 11) is 0. The quantitative estimate of drug-likeness (QED) is 0.669. The number of halogens is 4. The Morgan fingerprint density at radius 1 is 1.13 bits per heavy atom. The molecule has 0 spiro atoms. The number of rotatable bonds is 5. The number of urea groups is 1. The maximum Gasteiger partial charge on any atom is 0.422 e. The zero-order chi connectivity index (χ0) is 21.8. The topological polar surface area (TPSA) is 59.6 Å². The van der Waals surface area contributed by atoms with Crippen molar-refractivity contribution in [1.82, 2.24) is 5.32 Å². The van der Waals surface area contributed by atoms with E-state index in [-0.39, 0.29) is 11.4 Å². The second-order valence-corrected chi connectivity index (χ2v) is 7.18. The second kappa shape index (κ2) is 8.91. The number of alkyl halides is 3. The van der Waals surface area contributed by atoms with E-state index in [0.717, 1.165) is 5.56 Å². The molecule has 1 saturated heterocycles. The first-order chi connectivity index (χ1) is 14.2. The molecule has 1 fully saturated rings. The third-order valence-electron chi connectivity index (χ3n) is 4.87. The van der Waals surface area contributed by atoms with Gasteiger partial charge in [-0.2, -0.15) is 13.2 Å².